The Bertz CT molecular complexity index is 1510. The Morgan fingerprint density at radius 3 is 2.40 bits per heavy atom. The number of rotatable bonds is 13. The highest BCUT2D eigenvalue weighted by Gasteiger charge is 2.35. The minimum Gasteiger partial charge on any atom is -0.354 e. The van der Waals surface area contributed by atoms with Crippen LogP contribution in [-0.4, -0.2) is 71.4 Å². The van der Waals surface area contributed by atoms with Gasteiger partial charge in [-0.05, 0) is 72.4 Å². The molecule has 6 rings (SSSR count). The van der Waals surface area contributed by atoms with Crippen LogP contribution in [0.15, 0.2) is 66.7 Å². The number of alkyl halides is 3. The van der Waals surface area contributed by atoms with Crippen LogP contribution in [0.3, 0.4) is 0 Å². The molecule has 0 amide bonds. The molecule has 1 aliphatic carbocycles. The third kappa shape index (κ3) is 8.22. The molecule has 0 radical (unpaired) electrons. The van der Waals surface area contributed by atoms with E-state index in [1.807, 2.05) is 4.90 Å². The molecular weight excluding hydrogens is 597 g/mol. The van der Waals surface area contributed by atoms with Crippen molar-refractivity contribution in [2.24, 2.45) is 5.92 Å². The number of guanidine groups is 2. The van der Waals surface area contributed by atoms with Gasteiger partial charge in [0.2, 0.25) is 0 Å². The third-order valence-electron chi connectivity index (χ3n) is 10.6. The molecule has 2 heterocycles. The Labute approximate surface area is 277 Å². The fourth-order valence-corrected chi connectivity index (χ4v) is 7.97. The quantitative estimate of drug-likeness (QED) is 0.165. The summed E-state index contributed by atoms with van der Waals surface area (Å²) in [7, 11) is 0. The van der Waals surface area contributed by atoms with E-state index in [1.165, 1.54) is 67.0 Å². The number of unbranched alkanes of at least 4 members (excludes halogenated alkanes) is 1. The van der Waals surface area contributed by atoms with Gasteiger partial charge in [-0.15, -0.1) is 0 Å². The predicted octanol–water partition coefficient (Wildman–Crippen LogP) is 7.91. The minimum absolute atomic E-state index is 0.150. The first-order chi connectivity index (χ1) is 22.8. The van der Waals surface area contributed by atoms with Crippen molar-refractivity contribution in [2.45, 2.75) is 88.9 Å². The van der Waals surface area contributed by atoms with Gasteiger partial charge in [-0.2, -0.15) is 13.2 Å². The zero-order chi connectivity index (χ0) is 32.8. The minimum atomic E-state index is -4.35. The van der Waals surface area contributed by atoms with Crippen molar-refractivity contribution >= 4 is 22.7 Å². The molecule has 2 atom stereocenters. The molecule has 3 N–H and O–H groups in total. The average molecular weight is 647 g/mol. The Morgan fingerprint density at radius 1 is 0.787 bits per heavy atom. The van der Waals surface area contributed by atoms with Crippen LogP contribution in [0.1, 0.15) is 74.5 Å². The van der Waals surface area contributed by atoms with Gasteiger partial charge in [0.25, 0.3) is 0 Å². The van der Waals surface area contributed by atoms with Gasteiger partial charge in [-0.25, -0.2) is 0 Å². The van der Waals surface area contributed by atoms with E-state index in [0.29, 0.717) is 37.0 Å². The monoisotopic (exact) mass is 646 g/mol. The summed E-state index contributed by atoms with van der Waals surface area (Å²) in [4.78, 5) is 6.66. The van der Waals surface area contributed by atoms with Gasteiger partial charge in [-0.1, -0.05) is 92.8 Å². The third-order valence-corrected chi connectivity index (χ3v) is 10.6. The highest BCUT2D eigenvalue weighted by atomic mass is 19.4. The molecule has 0 spiro atoms. The molecule has 6 nitrogen and oxygen atoms in total. The van der Waals surface area contributed by atoms with Gasteiger partial charge < -0.3 is 20.0 Å². The number of halogens is 3. The van der Waals surface area contributed by atoms with Crippen molar-refractivity contribution in [3.63, 3.8) is 0 Å². The largest absolute Gasteiger partial charge is 0.416 e. The molecule has 2 saturated heterocycles. The molecule has 0 bridgehead atoms. The van der Waals surface area contributed by atoms with Crippen molar-refractivity contribution in [3.05, 3.63) is 83.4 Å². The first-order valence-electron chi connectivity index (χ1n) is 17.6. The second-order valence-corrected chi connectivity index (χ2v) is 13.8. The first kappa shape index (κ1) is 33.2. The van der Waals surface area contributed by atoms with E-state index in [1.54, 1.807) is 6.07 Å². The number of nitrogens with one attached hydrogen (secondary N) is 3. The molecule has 1 saturated carbocycles. The molecule has 3 aromatic carbocycles. The average Bonchev–Trinajstić information content (AvgIpc) is 3.58. The molecule has 2 aliphatic heterocycles. The summed E-state index contributed by atoms with van der Waals surface area (Å²) in [6.45, 7) is 3.85. The van der Waals surface area contributed by atoms with E-state index in [0.717, 1.165) is 57.3 Å². The predicted molar refractivity (Wildman–Crippen MR) is 184 cm³/mol. The van der Waals surface area contributed by atoms with Crippen molar-refractivity contribution in [2.75, 3.05) is 32.7 Å². The molecule has 252 valence electrons. The zero-order valence-electron chi connectivity index (χ0n) is 27.4. The molecule has 0 aromatic heterocycles. The second-order valence-electron chi connectivity index (χ2n) is 13.8. The summed E-state index contributed by atoms with van der Waals surface area (Å²) in [5, 5.41) is 23.3. The second kappa shape index (κ2) is 15.0. The molecular formula is C38H49F3N6. The van der Waals surface area contributed by atoms with Crippen LogP contribution in [0.4, 0.5) is 13.2 Å². The Morgan fingerprint density at radius 2 is 1.57 bits per heavy atom. The summed E-state index contributed by atoms with van der Waals surface area (Å²) in [6, 6.07) is 21.1. The molecule has 9 heteroatoms. The van der Waals surface area contributed by atoms with Crippen molar-refractivity contribution in [1.29, 1.82) is 10.8 Å². The molecule has 0 unspecified atom stereocenters. The number of hydrogen-bond acceptors (Lipinski definition) is 2. The van der Waals surface area contributed by atoms with Crippen LogP contribution in [0, 0.1) is 16.7 Å². The van der Waals surface area contributed by atoms with Gasteiger partial charge in [0.05, 0.1) is 11.6 Å². The van der Waals surface area contributed by atoms with Crippen LogP contribution in [0.5, 0.6) is 0 Å². The lowest BCUT2D eigenvalue weighted by atomic mass is 9.87. The highest BCUT2D eigenvalue weighted by molar-refractivity contribution is 5.86. The lowest BCUT2D eigenvalue weighted by molar-refractivity contribution is -0.137. The van der Waals surface area contributed by atoms with Gasteiger partial charge in [0, 0.05) is 38.8 Å². The Balaban J connectivity index is 1.03. The van der Waals surface area contributed by atoms with E-state index in [4.69, 9.17) is 5.41 Å². The van der Waals surface area contributed by atoms with Crippen LogP contribution in [-0.2, 0) is 19.0 Å². The summed E-state index contributed by atoms with van der Waals surface area (Å²) < 4.78 is 39.5. The first-order valence-corrected chi connectivity index (χ1v) is 17.6. The number of benzene rings is 3. The van der Waals surface area contributed by atoms with Crippen LogP contribution >= 0.6 is 0 Å². The number of nitrogens with zero attached hydrogens (tertiary/aromatic N) is 3. The Hall–Kier alpha value is -3.75. The van der Waals surface area contributed by atoms with Crippen LogP contribution < -0.4 is 5.32 Å². The van der Waals surface area contributed by atoms with Crippen molar-refractivity contribution < 1.29 is 13.2 Å². The summed E-state index contributed by atoms with van der Waals surface area (Å²) in [5.74, 6) is 1.80. The molecule has 3 aromatic rings. The van der Waals surface area contributed by atoms with Crippen molar-refractivity contribution in [1.82, 2.24) is 20.0 Å². The standard InChI is InChI=1S/C38H49F3N6/c39-38(40,41)32-16-8-12-29(24-32)20-22-46-33(26-44-36(46)42)17-6-7-21-45-27-34(25-31-15-9-14-30-13-4-5-18-35(30)31)47(37(45)43)23-19-28-10-2-1-3-11-28/h4-5,8-9,12-16,18,24,28,33-34,43H,1-3,6-7,10-11,17,19-23,25-27H2,(H2,42,44)/t33-,34+/m0/s1. The van der Waals surface area contributed by atoms with Gasteiger partial charge >= 0.3 is 6.18 Å². The number of hydrogen-bond donors (Lipinski definition) is 3. The van der Waals surface area contributed by atoms with E-state index >= 15 is 0 Å². The lowest BCUT2D eigenvalue weighted by Crippen LogP contribution is -2.38. The van der Waals surface area contributed by atoms with E-state index in [2.05, 4.69) is 57.6 Å². The SMILES string of the molecule is N=C1NC[C@H](CCCCN2C[C@@H](Cc3cccc4ccccc34)N(CCC3CCCCC3)C2=N)N1CCc1cccc(C(F)(F)F)c1. The Kier molecular flexibility index (Phi) is 10.6. The smallest absolute Gasteiger partial charge is 0.354 e. The van der Waals surface area contributed by atoms with Crippen molar-refractivity contribution in [3.8, 4) is 0 Å². The lowest BCUT2D eigenvalue weighted by Gasteiger charge is -2.29. The maximum absolute atomic E-state index is 13.2. The summed E-state index contributed by atoms with van der Waals surface area (Å²) in [6.07, 6.45) is 7.73. The molecule has 3 aliphatic rings. The van der Waals surface area contributed by atoms with E-state index in [-0.39, 0.29) is 12.1 Å². The number of fused-ring (bicyclic) bond motifs is 1. The van der Waals surface area contributed by atoms with Crippen LogP contribution in [0.25, 0.3) is 10.8 Å². The fourth-order valence-electron chi connectivity index (χ4n) is 7.97. The topological polar surface area (TPSA) is 69.5 Å². The molecule has 47 heavy (non-hydrogen) atoms. The summed E-state index contributed by atoms with van der Waals surface area (Å²) in [5.41, 5.74) is 1.37. The maximum Gasteiger partial charge on any atom is 0.416 e. The maximum atomic E-state index is 13.2. The van der Waals surface area contributed by atoms with Crippen LogP contribution in [0.2, 0.25) is 0 Å². The summed E-state index contributed by atoms with van der Waals surface area (Å²) >= 11 is 0. The normalized spacial score (nSPS) is 20.9. The van der Waals surface area contributed by atoms with Gasteiger partial charge in [-0.3, -0.25) is 10.8 Å². The van der Waals surface area contributed by atoms with E-state index < -0.39 is 11.7 Å². The van der Waals surface area contributed by atoms with E-state index in [9.17, 15) is 18.6 Å². The molecule has 3 fully saturated rings. The van der Waals surface area contributed by atoms with Gasteiger partial charge in [0.15, 0.2) is 11.9 Å². The zero-order valence-corrected chi connectivity index (χ0v) is 27.4. The van der Waals surface area contributed by atoms with Gasteiger partial charge in [0.1, 0.15) is 0 Å². The highest BCUT2D eigenvalue weighted by Crippen LogP contribution is 2.31. The fraction of sp³-hybridized carbons (Fsp3) is 0.526.